The molecule has 0 aromatic heterocycles. The van der Waals surface area contributed by atoms with Crippen molar-refractivity contribution in [2.75, 3.05) is 37.4 Å². The summed E-state index contributed by atoms with van der Waals surface area (Å²) in [5.74, 6) is -0.0576. The Hall–Kier alpha value is -1.11. The van der Waals surface area contributed by atoms with Crippen LogP contribution in [-0.4, -0.2) is 41.1 Å². The number of methoxy groups -OCH3 is 1. The summed E-state index contributed by atoms with van der Waals surface area (Å²) in [4.78, 5) is 0. The molecule has 0 fully saturated rings. The summed E-state index contributed by atoms with van der Waals surface area (Å²) in [6.07, 6.45) is 1.58. The normalized spacial score (nSPS) is 11.6. The van der Waals surface area contributed by atoms with E-state index < -0.39 is 10.0 Å². The van der Waals surface area contributed by atoms with Crippen LogP contribution in [0.1, 0.15) is 25.0 Å². The van der Waals surface area contributed by atoms with Crippen molar-refractivity contribution in [3.8, 4) is 0 Å². The van der Waals surface area contributed by atoms with Crippen LogP contribution in [0.3, 0.4) is 0 Å². The fourth-order valence-electron chi connectivity index (χ4n) is 1.99. The minimum atomic E-state index is -3.40. The molecule has 5 nitrogen and oxygen atoms in total. The van der Waals surface area contributed by atoms with Crippen LogP contribution in [0.2, 0.25) is 0 Å². The van der Waals surface area contributed by atoms with Gasteiger partial charge in [0.15, 0.2) is 0 Å². The molecule has 0 aliphatic heterocycles. The Balaban J connectivity index is 2.70. The van der Waals surface area contributed by atoms with Crippen LogP contribution < -0.4 is 4.72 Å². The molecule has 0 saturated carbocycles. The number of rotatable bonds is 10. The maximum Gasteiger partial charge on any atom is 0.235 e. The van der Waals surface area contributed by atoms with Gasteiger partial charge in [0.2, 0.25) is 10.0 Å². The van der Waals surface area contributed by atoms with Gasteiger partial charge in [-0.2, -0.15) is 0 Å². The van der Waals surface area contributed by atoms with Gasteiger partial charge < -0.3 is 9.47 Å². The van der Waals surface area contributed by atoms with Gasteiger partial charge >= 0.3 is 0 Å². The van der Waals surface area contributed by atoms with Gasteiger partial charge in [0.1, 0.15) is 0 Å². The Morgan fingerprint density at radius 3 is 2.19 bits per heavy atom. The smallest absolute Gasteiger partial charge is 0.235 e. The largest absolute Gasteiger partial charge is 0.382 e. The van der Waals surface area contributed by atoms with Crippen molar-refractivity contribution < 1.29 is 17.9 Å². The van der Waals surface area contributed by atoms with Crippen molar-refractivity contribution in [3.63, 3.8) is 0 Å². The molecule has 0 bridgehead atoms. The van der Waals surface area contributed by atoms with E-state index in [9.17, 15) is 8.42 Å². The maximum atomic E-state index is 12.1. The number of para-hydroxylation sites is 1. The second kappa shape index (κ2) is 9.02. The van der Waals surface area contributed by atoms with Crippen molar-refractivity contribution in [2.45, 2.75) is 26.7 Å². The van der Waals surface area contributed by atoms with E-state index in [1.165, 1.54) is 0 Å². The van der Waals surface area contributed by atoms with E-state index in [0.717, 1.165) is 29.7 Å². The monoisotopic (exact) mass is 315 g/mol. The first-order chi connectivity index (χ1) is 10.0. The lowest BCUT2D eigenvalue weighted by atomic mass is 10.0. The van der Waals surface area contributed by atoms with Gasteiger partial charge in [0, 0.05) is 7.11 Å². The Morgan fingerprint density at radius 1 is 1.05 bits per heavy atom. The average Bonchev–Trinajstić information content (AvgIpc) is 2.46. The molecule has 0 unspecified atom stereocenters. The predicted molar refractivity (Wildman–Crippen MR) is 85.3 cm³/mol. The minimum Gasteiger partial charge on any atom is -0.382 e. The topological polar surface area (TPSA) is 64.6 Å². The lowest BCUT2D eigenvalue weighted by Crippen LogP contribution is -2.22. The Kier molecular flexibility index (Phi) is 7.71. The summed E-state index contributed by atoms with van der Waals surface area (Å²) in [6, 6.07) is 5.86. The third-order valence-corrected chi connectivity index (χ3v) is 4.40. The van der Waals surface area contributed by atoms with Crippen molar-refractivity contribution >= 4 is 15.7 Å². The average molecular weight is 315 g/mol. The highest BCUT2D eigenvalue weighted by atomic mass is 32.2. The summed E-state index contributed by atoms with van der Waals surface area (Å²) >= 11 is 0. The van der Waals surface area contributed by atoms with Crippen LogP contribution >= 0.6 is 0 Å². The van der Waals surface area contributed by atoms with Crippen LogP contribution in [0, 0.1) is 0 Å². The van der Waals surface area contributed by atoms with Gasteiger partial charge in [-0.1, -0.05) is 32.0 Å². The molecule has 6 heteroatoms. The first kappa shape index (κ1) is 17.9. The van der Waals surface area contributed by atoms with Crippen molar-refractivity contribution in [2.24, 2.45) is 0 Å². The number of ether oxygens (including phenoxy) is 2. The highest BCUT2D eigenvalue weighted by Gasteiger charge is 2.15. The van der Waals surface area contributed by atoms with Crippen LogP contribution in [0.5, 0.6) is 0 Å². The SMILES string of the molecule is CCc1cccc(CC)c1NS(=O)(=O)CCOCCOC. The number of benzene rings is 1. The molecule has 0 aliphatic carbocycles. The van der Waals surface area contributed by atoms with Crippen molar-refractivity contribution in [1.82, 2.24) is 0 Å². The van der Waals surface area contributed by atoms with Gasteiger partial charge in [0.05, 0.1) is 31.3 Å². The summed E-state index contributed by atoms with van der Waals surface area (Å²) < 4.78 is 37.1. The summed E-state index contributed by atoms with van der Waals surface area (Å²) in [5, 5.41) is 0. The molecule has 0 amide bonds. The number of aryl methyl sites for hydroxylation is 2. The molecule has 0 aliphatic rings. The number of anilines is 1. The number of hydrogen-bond donors (Lipinski definition) is 1. The maximum absolute atomic E-state index is 12.1. The molecule has 0 heterocycles. The number of sulfonamides is 1. The summed E-state index contributed by atoms with van der Waals surface area (Å²) in [5.41, 5.74) is 2.75. The minimum absolute atomic E-state index is 0.0576. The lowest BCUT2D eigenvalue weighted by Gasteiger charge is -2.15. The molecule has 0 radical (unpaired) electrons. The Bertz CT molecular complexity index is 506. The lowest BCUT2D eigenvalue weighted by molar-refractivity contribution is 0.0785. The Morgan fingerprint density at radius 2 is 1.67 bits per heavy atom. The fraction of sp³-hybridized carbons (Fsp3) is 0.600. The van der Waals surface area contributed by atoms with Crippen molar-refractivity contribution in [1.29, 1.82) is 0 Å². The summed E-state index contributed by atoms with van der Waals surface area (Å²) in [7, 11) is -1.82. The van der Waals surface area contributed by atoms with Crippen LogP contribution in [0.4, 0.5) is 5.69 Å². The van der Waals surface area contributed by atoms with Gasteiger partial charge in [-0.3, -0.25) is 4.72 Å². The van der Waals surface area contributed by atoms with Gasteiger partial charge in [0.25, 0.3) is 0 Å². The molecule has 1 rings (SSSR count). The zero-order valence-corrected chi connectivity index (χ0v) is 13.8. The second-order valence-electron chi connectivity index (χ2n) is 4.68. The molecule has 0 spiro atoms. The molecule has 1 aromatic carbocycles. The molecule has 1 aromatic rings. The molecule has 21 heavy (non-hydrogen) atoms. The standard InChI is InChI=1S/C15H25NO4S/c1-4-13-7-6-8-14(5-2)15(13)16-21(17,18)12-11-20-10-9-19-3/h6-8,16H,4-5,9-12H2,1-3H3. The fourth-order valence-corrected chi connectivity index (χ4v) is 3.01. The molecule has 0 saturated heterocycles. The molecule has 1 N–H and O–H groups in total. The molecular formula is C15H25NO4S. The van der Waals surface area contributed by atoms with E-state index in [-0.39, 0.29) is 12.4 Å². The van der Waals surface area contributed by atoms with Gasteiger partial charge in [-0.05, 0) is 24.0 Å². The highest BCUT2D eigenvalue weighted by Crippen LogP contribution is 2.23. The van der Waals surface area contributed by atoms with Crippen LogP contribution in [-0.2, 0) is 32.3 Å². The van der Waals surface area contributed by atoms with E-state index in [1.54, 1.807) is 7.11 Å². The van der Waals surface area contributed by atoms with E-state index in [1.807, 2.05) is 32.0 Å². The zero-order valence-electron chi connectivity index (χ0n) is 13.0. The van der Waals surface area contributed by atoms with E-state index >= 15 is 0 Å². The first-order valence-corrected chi connectivity index (χ1v) is 8.87. The van der Waals surface area contributed by atoms with E-state index in [2.05, 4.69) is 4.72 Å². The van der Waals surface area contributed by atoms with E-state index in [4.69, 9.17) is 9.47 Å². The zero-order chi connectivity index (χ0) is 15.7. The number of nitrogens with one attached hydrogen (secondary N) is 1. The number of hydrogen-bond acceptors (Lipinski definition) is 4. The van der Waals surface area contributed by atoms with Crippen LogP contribution in [0.15, 0.2) is 18.2 Å². The van der Waals surface area contributed by atoms with Gasteiger partial charge in [-0.25, -0.2) is 8.42 Å². The quantitative estimate of drug-likeness (QED) is 0.672. The first-order valence-electron chi connectivity index (χ1n) is 7.22. The highest BCUT2D eigenvalue weighted by molar-refractivity contribution is 7.92. The second-order valence-corrected chi connectivity index (χ2v) is 6.53. The van der Waals surface area contributed by atoms with E-state index in [0.29, 0.717) is 13.2 Å². The van der Waals surface area contributed by atoms with Gasteiger partial charge in [-0.15, -0.1) is 0 Å². The molecule has 120 valence electrons. The van der Waals surface area contributed by atoms with Crippen LogP contribution in [0.25, 0.3) is 0 Å². The third-order valence-electron chi connectivity index (χ3n) is 3.18. The van der Waals surface area contributed by atoms with Crippen molar-refractivity contribution in [3.05, 3.63) is 29.3 Å². The third kappa shape index (κ3) is 6.03. The Labute approximate surface area is 127 Å². The predicted octanol–water partition coefficient (Wildman–Crippen LogP) is 2.22. The molecular weight excluding hydrogens is 290 g/mol. The molecule has 0 atom stereocenters. The summed E-state index contributed by atoms with van der Waals surface area (Å²) in [6.45, 7) is 5.05.